The predicted molar refractivity (Wildman–Crippen MR) is 62.0 cm³/mol. The van der Waals surface area contributed by atoms with Gasteiger partial charge in [0.2, 0.25) is 0 Å². The van der Waals surface area contributed by atoms with Gasteiger partial charge in [-0.25, -0.2) is 13.2 Å². The quantitative estimate of drug-likeness (QED) is 0.826. The molecule has 0 atom stereocenters. The van der Waals surface area contributed by atoms with Crippen molar-refractivity contribution < 1.29 is 17.9 Å². The number of nitrogens with two attached hydrogens (primary N) is 1. The van der Waals surface area contributed by atoms with Crippen LogP contribution < -0.4 is 10.5 Å². The largest absolute Gasteiger partial charge is 0.452 e. The Bertz CT molecular complexity index is 599. The van der Waals surface area contributed by atoms with E-state index in [-0.39, 0.29) is 17.2 Å². The monoisotopic (exact) mass is 253 g/mol. The summed E-state index contributed by atoms with van der Waals surface area (Å²) in [5.41, 5.74) is 5.86. The lowest BCUT2D eigenvalue weighted by Gasteiger charge is -2.10. The Morgan fingerprint density at radius 3 is 2.39 bits per heavy atom. The molecule has 0 heterocycles. The van der Waals surface area contributed by atoms with E-state index < -0.39 is 17.5 Å². The highest BCUT2D eigenvalue weighted by Gasteiger charge is 2.10. The SMILES string of the molecule is Cc1cc(Oc2cc(F)ccc2F)c(N)cc1F. The Hall–Kier alpha value is -2.17. The number of rotatable bonds is 2. The second-order valence-electron chi connectivity index (χ2n) is 3.82. The second-order valence-corrected chi connectivity index (χ2v) is 3.82. The van der Waals surface area contributed by atoms with Gasteiger partial charge in [0.15, 0.2) is 17.3 Å². The number of ether oxygens (including phenoxy) is 1. The lowest BCUT2D eigenvalue weighted by atomic mass is 10.2. The summed E-state index contributed by atoms with van der Waals surface area (Å²) in [6.45, 7) is 1.52. The van der Waals surface area contributed by atoms with Crippen LogP contribution in [0.3, 0.4) is 0 Å². The zero-order valence-electron chi connectivity index (χ0n) is 9.51. The fourth-order valence-electron chi connectivity index (χ4n) is 1.43. The number of benzene rings is 2. The van der Waals surface area contributed by atoms with E-state index in [4.69, 9.17) is 10.5 Å². The maximum Gasteiger partial charge on any atom is 0.166 e. The first-order valence-corrected chi connectivity index (χ1v) is 5.16. The Morgan fingerprint density at radius 1 is 0.944 bits per heavy atom. The molecule has 2 nitrogen and oxygen atoms in total. The average Bonchev–Trinajstić information content (AvgIpc) is 2.30. The molecular weight excluding hydrogens is 243 g/mol. The van der Waals surface area contributed by atoms with E-state index in [1.165, 1.54) is 13.0 Å². The van der Waals surface area contributed by atoms with E-state index in [0.29, 0.717) is 5.56 Å². The summed E-state index contributed by atoms with van der Waals surface area (Å²) in [4.78, 5) is 0. The van der Waals surface area contributed by atoms with Crippen LogP contribution in [-0.2, 0) is 0 Å². The van der Waals surface area contributed by atoms with Crippen LogP contribution in [0.1, 0.15) is 5.56 Å². The highest BCUT2D eigenvalue weighted by atomic mass is 19.1. The van der Waals surface area contributed by atoms with E-state index in [9.17, 15) is 13.2 Å². The van der Waals surface area contributed by atoms with Gasteiger partial charge in [-0.1, -0.05) is 0 Å². The molecule has 0 aliphatic rings. The molecule has 5 heteroatoms. The molecule has 0 spiro atoms. The summed E-state index contributed by atoms with van der Waals surface area (Å²) in [7, 11) is 0. The van der Waals surface area contributed by atoms with Gasteiger partial charge in [-0.2, -0.15) is 0 Å². The van der Waals surface area contributed by atoms with Crippen LogP contribution in [0.5, 0.6) is 11.5 Å². The molecule has 2 rings (SSSR count). The molecule has 94 valence electrons. The zero-order chi connectivity index (χ0) is 13.3. The first-order valence-electron chi connectivity index (χ1n) is 5.16. The average molecular weight is 253 g/mol. The van der Waals surface area contributed by atoms with E-state index in [2.05, 4.69) is 0 Å². The first kappa shape index (κ1) is 12.3. The molecule has 0 aromatic heterocycles. The highest BCUT2D eigenvalue weighted by molar-refractivity contribution is 5.55. The maximum absolute atomic E-state index is 13.4. The van der Waals surface area contributed by atoms with E-state index in [1.54, 1.807) is 0 Å². The summed E-state index contributed by atoms with van der Waals surface area (Å²) in [6, 6.07) is 5.21. The Labute approximate surface area is 102 Å². The van der Waals surface area contributed by atoms with Gasteiger partial charge in [-0.15, -0.1) is 0 Å². The van der Waals surface area contributed by atoms with Crippen molar-refractivity contribution in [3.8, 4) is 11.5 Å². The lowest BCUT2D eigenvalue weighted by Crippen LogP contribution is -1.97. The third kappa shape index (κ3) is 2.40. The second kappa shape index (κ2) is 4.60. The molecule has 0 amide bonds. The molecule has 0 fully saturated rings. The molecule has 0 bridgehead atoms. The molecular formula is C13H10F3NO. The number of halogens is 3. The lowest BCUT2D eigenvalue weighted by molar-refractivity contribution is 0.437. The fourth-order valence-corrected chi connectivity index (χ4v) is 1.43. The van der Waals surface area contributed by atoms with Crippen molar-refractivity contribution in [2.75, 3.05) is 5.73 Å². The van der Waals surface area contributed by atoms with E-state index >= 15 is 0 Å². The predicted octanol–water partition coefficient (Wildman–Crippen LogP) is 3.79. The summed E-state index contributed by atoms with van der Waals surface area (Å²) in [5.74, 6) is -2.06. The Balaban J connectivity index is 2.40. The molecule has 18 heavy (non-hydrogen) atoms. The number of aryl methyl sites for hydroxylation is 1. The van der Waals surface area contributed by atoms with E-state index in [1.807, 2.05) is 0 Å². The zero-order valence-corrected chi connectivity index (χ0v) is 9.51. The number of hydrogen-bond donors (Lipinski definition) is 1. The van der Waals surface area contributed by atoms with Crippen molar-refractivity contribution >= 4 is 5.69 Å². The van der Waals surface area contributed by atoms with Gasteiger partial charge in [0.25, 0.3) is 0 Å². The van der Waals surface area contributed by atoms with Crippen LogP contribution in [0.4, 0.5) is 18.9 Å². The van der Waals surface area contributed by atoms with Crippen LogP contribution in [0.2, 0.25) is 0 Å². The number of hydrogen-bond acceptors (Lipinski definition) is 2. The van der Waals surface area contributed by atoms with Crippen molar-refractivity contribution in [2.45, 2.75) is 6.92 Å². The Kier molecular flexibility index (Phi) is 3.14. The minimum atomic E-state index is -0.724. The van der Waals surface area contributed by atoms with Gasteiger partial charge in [-0.3, -0.25) is 0 Å². The van der Waals surface area contributed by atoms with Gasteiger partial charge in [0.1, 0.15) is 11.6 Å². The number of anilines is 1. The third-order valence-electron chi connectivity index (χ3n) is 2.40. The van der Waals surface area contributed by atoms with Crippen LogP contribution in [-0.4, -0.2) is 0 Å². The molecule has 0 saturated heterocycles. The van der Waals surface area contributed by atoms with Crippen molar-refractivity contribution in [3.63, 3.8) is 0 Å². The molecule has 2 aromatic carbocycles. The van der Waals surface area contributed by atoms with Gasteiger partial charge in [-0.05, 0) is 30.7 Å². The van der Waals surface area contributed by atoms with Crippen molar-refractivity contribution in [2.24, 2.45) is 0 Å². The molecule has 0 unspecified atom stereocenters. The summed E-state index contributed by atoms with van der Waals surface area (Å²) in [5, 5.41) is 0. The van der Waals surface area contributed by atoms with Crippen molar-refractivity contribution in [1.29, 1.82) is 0 Å². The van der Waals surface area contributed by atoms with Crippen LogP contribution in [0.25, 0.3) is 0 Å². The molecule has 0 aliphatic heterocycles. The van der Waals surface area contributed by atoms with Crippen LogP contribution in [0.15, 0.2) is 30.3 Å². The summed E-state index contributed by atoms with van der Waals surface area (Å²) >= 11 is 0. The summed E-state index contributed by atoms with van der Waals surface area (Å²) in [6.07, 6.45) is 0. The maximum atomic E-state index is 13.4. The molecule has 0 saturated carbocycles. The standard InChI is InChI=1S/C13H10F3NO/c1-7-4-13(11(17)6-10(7)16)18-12-5-8(14)2-3-9(12)15/h2-6H,17H2,1H3. The minimum Gasteiger partial charge on any atom is -0.452 e. The fraction of sp³-hybridized carbons (Fsp3) is 0.0769. The molecule has 0 radical (unpaired) electrons. The topological polar surface area (TPSA) is 35.2 Å². The molecule has 2 N–H and O–H groups in total. The van der Waals surface area contributed by atoms with Crippen molar-refractivity contribution in [3.05, 3.63) is 53.3 Å². The molecule has 0 aliphatic carbocycles. The highest BCUT2D eigenvalue weighted by Crippen LogP contribution is 2.31. The van der Waals surface area contributed by atoms with Crippen LogP contribution >= 0.6 is 0 Å². The van der Waals surface area contributed by atoms with Gasteiger partial charge >= 0.3 is 0 Å². The van der Waals surface area contributed by atoms with E-state index in [0.717, 1.165) is 24.3 Å². The summed E-state index contributed by atoms with van der Waals surface area (Å²) < 4.78 is 44.6. The van der Waals surface area contributed by atoms with Crippen molar-refractivity contribution in [1.82, 2.24) is 0 Å². The third-order valence-corrected chi connectivity index (χ3v) is 2.40. The van der Waals surface area contributed by atoms with Gasteiger partial charge in [0, 0.05) is 12.1 Å². The smallest absolute Gasteiger partial charge is 0.166 e. The normalized spacial score (nSPS) is 10.4. The number of nitrogen functional groups attached to an aromatic ring is 1. The minimum absolute atomic E-state index is 0.0155. The first-order chi connectivity index (χ1) is 8.47. The Morgan fingerprint density at radius 2 is 1.67 bits per heavy atom. The van der Waals surface area contributed by atoms with Gasteiger partial charge < -0.3 is 10.5 Å². The molecule has 2 aromatic rings. The van der Waals surface area contributed by atoms with Crippen LogP contribution in [0, 0.1) is 24.4 Å². The van der Waals surface area contributed by atoms with Gasteiger partial charge in [0.05, 0.1) is 5.69 Å².